The van der Waals surface area contributed by atoms with Crippen molar-refractivity contribution in [2.75, 3.05) is 12.3 Å². The Balaban J connectivity index is 1.53. The summed E-state index contributed by atoms with van der Waals surface area (Å²) in [6, 6.07) is 10.7. The lowest BCUT2D eigenvalue weighted by atomic mass is 10.1. The van der Waals surface area contributed by atoms with Crippen LogP contribution in [0.4, 0.5) is 19.0 Å². The number of nitrogens with one attached hydrogen (secondary N) is 1. The van der Waals surface area contributed by atoms with Gasteiger partial charge < -0.3 is 11.1 Å². The number of nitrogens with zero attached hydrogens (tertiary/aromatic N) is 3. The highest BCUT2D eigenvalue weighted by Gasteiger charge is 2.16. The summed E-state index contributed by atoms with van der Waals surface area (Å²) in [6.45, 7) is 0.318. The quantitative estimate of drug-likeness (QED) is 0.539. The van der Waals surface area contributed by atoms with Crippen molar-refractivity contribution in [1.82, 2.24) is 15.1 Å². The Bertz CT molecular complexity index is 1120. The second-order valence-electron chi connectivity index (χ2n) is 6.90. The van der Waals surface area contributed by atoms with Crippen LogP contribution in [0.15, 0.2) is 42.5 Å². The van der Waals surface area contributed by atoms with Gasteiger partial charge in [-0.1, -0.05) is 0 Å². The summed E-state index contributed by atoms with van der Waals surface area (Å²) in [7, 11) is 0. The molecule has 3 aromatic rings. The Labute approximate surface area is 177 Å². The van der Waals surface area contributed by atoms with E-state index in [1.54, 1.807) is 0 Å². The average molecular weight is 427 g/mol. The molecule has 0 atom stereocenters. The summed E-state index contributed by atoms with van der Waals surface area (Å²) in [5, 5.41) is 16.5. The molecular weight excluding hydrogens is 407 g/mol. The Morgan fingerprint density at radius 3 is 2.52 bits per heavy atom. The molecule has 0 saturated heterocycles. The second kappa shape index (κ2) is 9.80. The normalized spacial score (nSPS) is 10.6. The number of halogens is 3. The van der Waals surface area contributed by atoms with Crippen LogP contribution in [0, 0.1) is 28.8 Å². The zero-order valence-corrected chi connectivity index (χ0v) is 16.5. The van der Waals surface area contributed by atoms with E-state index in [4.69, 9.17) is 5.73 Å². The van der Waals surface area contributed by atoms with Crippen LogP contribution < -0.4 is 11.1 Å². The zero-order valence-electron chi connectivity index (χ0n) is 16.5. The van der Waals surface area contributed by atoms with Gasteiger partial charge in [-0.3, -0.25) is 4.79 Å². The van der Waals surface area contributed by atoms with E-state index in [9.17, 15) is 23.2 Å². The van der Waals surface area contributed by atoms with Crippen LogP contribution in [-0.4, -0.2) is 22.2 Å². The molecule has 0 fully saturated rings. The number of benzene rings is 2. The smallest absolute Gasteiger partial charge is 0.220 e. The van der Waals surface area contributed by atoms with Gasteiger partial charge in [-0.15, -0.1) is 0 Å². The van der Waals surface area contributed by atoms with Crippen molar-refractivity contribution in [2.24, 2.45) is 0 Å². The van der Waals surface area contributed by atoms with Crippen molar-refractivity contribution in [3.63, 3.8) is 0 Å². The number of rotatable bonds is 8. The molecule has 2 aromatic carbocycles. The van der Waals surface area contributed by atoms with Crippen molar-refractivity contribution in [3.05, 3.63) is 76.7 Å². The molecule has 9 heteroatoms. The minimum absolute atomic E-state index is 0.0238. The van der Waals surface area contributed by atoms with Crippen LogP contribution in [0.25, 0.3) is 5.69 Å². The van der Waals surface area contributed by atoms with Gasteiger partial charge in [0.15, 0.2) is 0 Å². The molecule has 0 spiro atoms. The van der Waals surface area contributed by atoms with Crippen molar-refractivity contribution >= 4 is 11.7 Å². The van der Waals surface area contributed by atoms with E-state index in [1.807, 2.05) is 6.07 Å². The number of aromatic nitrogens is 2. The number of anilines is 1. The van der Waals surface area contributed by atoms with Gasteiger partial charge in [-0.25, -0.2) is 17.9 Å². The van der Waals surface area contributed by atoms with Crippen LogP contribution in [-0.2, 0) is 17.6 Å². The van der Waals surface area contributed by atoms with Gasteiger partial charge in [0.05, 0.1) is 11.4 Å². The highest BCUT2D eigenvalue weighted by Crippen LogP contribution is 2.21. The van der Waals surface area contributed by atoms with Crippen LogP contribution in [0.2, 0.25) is 0 Å². The first-order chi connectivity index (χ1) is 14.9. The summed E-state index contributed by atoms with van der Waals surface area (Å²) in [5.74, 6) is -1.63. The third kappa shape index (κ3) is 5.42. The molecule has 160 valence electrons. The van der Waals surface area contributed by atoms with Gasteiger partial charge in [0.1, 0.15) is 34.9 Å². The number of aryl methyl sites for hydroxylation is 2. The summed E-state index contributed by atoms with van der Waals surface area (Å²) in [6.07, 6.45) is 0.997. The number of nitrogens with two attached hydrogens (primary N) is 1. The number of hydrogen-bond acceptors (Lipinski definition) is 4. The Morgan fingerprint density at radius 1 is 1.10 bits per heavy atom. The molecule has 31 heavy (non-hydrogen) atoms. The molecule has 3 N–H and O–H groups in total. The van der Waals surface area contributed by atoms with Crippen molar-refractivity contribution < 1.29 is 18.0 Å². The van der Waals surface area contributed by atoms with Crippen molar-refractivity contribution in [2.45, 2.75) is 25.7 Å². The third-order valence-corrected chi connectivity index (χ3v) is 4.72. The summed E-state index contributed by atoms with van der Waals surface area (Å²) in [5.41, 5.74) is 7.39. The number of amides is 1. The maximum atomic E-state index is 13.6. The first-order valence-corrected chi connectivity index (χ1v) is 9.63. The molecule has 0 saturated carbocycles. The van der Waals surface area contributed by atoms with Gasteiger partial charge in [0.25, 0.3) is 0 Å². The summed E-state index contributed by atoms with van der Waals surface area (Å²) >= 11 is 0. The van der Waals surface area contributed by atoms with Gasteiger partial charge in [0, 0.05) is 13.0 Å². The highest BCUT2D eigenvalue weighted by atomic mass is 19.1. The molecule has 0 radical (unpaired) electrons. The standard InChI is InChI=1S/C22H20F3N5O/c23-15-4-7-17(8-5-15)30-22(27)18(13-26)20(29-30)2-1-11-28-21(31)10-3-14-12-16(24)6-9-19(14)25/h4-9,12H,1-3,10-11,27H2,(H,28,31). The Morgan fingerprint density at radius 2 is 1.81 bits per heavy atom. The van der Waals surface area contributed by atoms with E-state index in [0.29, 0.717) is 30.8 Å². The third-order valence-electron chi connectivity index (χ3n) is 4.72. The lowest BCUT2D eigenvalue weighted by molar-refractivity contribution is -0.121. The highest BCUT2D eigenvalue weighted by molar-refractivity contribution is 5.76. The number of carbonyl (C=O) groups excluding carboxylic acids is 1. The van der Waals surface area contributed by atoms with Crippen LogP contribution >= 0.6 is 0 Å². The maximum Gasteiger partial charge on any atom is 0.220 e. The van der Waals surface area contributed by atoms with Crippen molar-refractivity contribution in [3.8, 4) is 11.8 Å². The fourth-order valence-corrected chi connectivity index (χ4v) is 3.11. The first kappa shape index (κ1) is 21.9. The molecular formula is C22H20F3N5O. The molecule has 1 amide bonds. The topological polar surface area (TPSA) is 96.7 Å². The summed E-state index contributed by atoms with van der Waals surface area (Å²) < 4.78 is 41.3. The van der Waals surface area contributed by atoms with Gasteiger partial charge >= 0.3 is 0 Å². The van der Waals surface area contributed by atoms with Crippen molar-refractivity contribution in [1.29, 1.82) is 5.26 Å². The van der Waals surface area contributed by atoms with Gasteiger partial charge in [0.2, 0.25) is 5.91 Å². The predicted molar refractivity (Wildman–Crippen MR) is 109 cm³/mol. The fraction of sp³-hybridized carbons (Fsp3) is 0.227. The first-order valence-electron chi connectivity index (χ1n) is 9.63. The van der Waals surface area contributed by atoms with Crippen LogP contribution in [0.1, 0.15) is 29.7 Å². The van der Waals surface area contributed by atoms with E-state index in [0.717, 1.165) is 18.2 Å². The molecule has 1 aromatic heterocycles. The van der Waals surface area contributed by atoms with E-state index >= 15 is 0 Å². The monoisotopic (exact) mass is 427 g/mol. The second-order valence-corrected chi connectivity index (χ2v) is 6.90. The molecule has 0 aliphatic heterocycles. The predicted octanol–water partition coefficient (Wildman–Crippen LogP) is 3.43. The molecule has 0 unspecified atom stereocenters. The molecule has 0 aliphatic rings. The largest absolute Gasteiger partial charge is 0.382 e. The van der Waals surface area contributed by atoms with Gasteiger partial charge in [-0.05, 0) is 67.3 Å². The molecule has 6 nitrogen and oxygen atoms in total. The van der Waals surface area contributed by atoms with Crippen LogP contribution in [0.5, 0.6) is 0 Å². The molecule has 3 rings (SSSR count). The maximum absolute atomic E-state index is 13.6. The number of carbonyl (C=O) groups is 1. The van der Waals surface area contributed by atoms with E-state index in [2.05, 4.69) is 10.4 Å². The van der Waals surface area contributed by atoms with E-state index < -0.39 is 17.5 Å². The Kier molecular flexibility index (Phi) is 6.92. The van der Waals surface area contributed by atoms with Crippen LogP contribution in [0.3, 0.4) is 0 Å². The van der Waals surface area contributed by atoms with E-state index in [-0.39, 0.29) is 35.7 Å². The number of hydrogen-bond donors (Lipinski definition) is 2. The lowest BCUT2D eigenvalue weighted by Gasteiger charge is -2.06. The molecule has 0 bridgehead atoms. The fourth-order valence-electron chi connectivity index (χ4n) is 3.11. The zero-order chi connectivity index (χ0) is 22.4. The summed E-state index contributed by atoms with van der Waals surface area (Å²) in [4.78, 5) is 12.0. The molecule has 1 heterocycles. The molecule has 0 aliphatic carbocycles. The average Bonchev–Trinajstić information content (AvgIpc) is 3.07. The minimum atomic E-state index is -0.551. The number of nitriles is 1. The number of nitrogen functional groups attached to an aromatic ring is 1. The lowest BCUT2D eigenvalue weighted by Crippen LogP contribution is -2.25. The van der Waals surface area contributed by atoms with Gasteiger partial charge in [-0.2, -0.15) is 10.4 Å². The van der Waals surface area contributed by atoms with E-state index in [1.165, 1.54) is 28.9 Å². The minimum Gasteiger partial charge on any atom is -0.382 e. The Hall–Kier alpha value is -3.80. The SMILES string of the molecule is N#Cc1c(CCCNC(=O)CCc2cc(F)ccc2F)nn(-c2ccc(F)cc2)c1N.